The van der Waals surface area contributed by atoms with E-state index < -0.39 is 106 Å². The molecule has 16 nitrogen and oxygen atoms in total. The molecule has 0 saturated carbocycles. The van der Waals surface area contributed by atoms with E-state index in [0.29, 0.717) is 0 Å². The van der Waals surface area contributed by atoms with Crippen LogP contribution >= 0.6 is 0 Å². The third-order valence-corrected chi connectivity index (χ3v) is 6.00. The number of phenols is 8. The van der Waals surface area contributed by atoms with Crippen LogP contribution in [0.5, 0.6) is 51.7 Å². The molecule has 0 aromatic heterocycles. The fraction of sp³-hybridized carbons (Fsp3) is 0.231. The summed E-state index contributed by atoms with van der Waals surface area (Å²) in [4.78, 5) is 25.3. The lowest BCUT2D eigenvalue weighted by Crippen LogP contribution is -2.61. The van der Waals surface area contributed by atoms with Crippen LogP contribution in [-0.2, 0) is 14.2 Å². The quantitative estimate of drug-likeness (QED) is 0.130. The first-order chi connectivity index (χ1) is 19.7. The maximum absolute atomic E-state index is 12.8. The van der Waals surface area contributed by atoms with E-state index in [1.165, 1.54) is 0 Å². The number of carbonyl (C=O) groups is 2. The molecular weight excluding hydrogens is 568 g/mol. The molecule has 10 N–H and O–H groups in total. The molecule has 42 heavy (non-hydrogen) atoms. The Kier molecular flexibility index (Phi) is 8.23. The Hall–Kier alpha value is -5.32. The predicted molar refractivity (Wildman–Crippen MR) is 133 cm³/mol. The Morgan fingerprint density at radius 3 is 1.64 bits per heavy atom. The van der Waals surface area contributed by atoms with E-state index in [1.807, 2.05) is 0 Å². The number of carbonyl (C=O) groups excluding carboxylic acids is 2. The Morgan fingerprint density at radius 1 is 0.667 bits per heavy atom. The van der Waals surface area contributed by atoms with Crippen LogP contribution < -0.4 is 4.74 Å². The van der Waals surface area contributed by atoms with Gasteiger partial charge in [0.15, 0.2) is 46.7 Å². The molecule has 224 valence electrons. The van der Waals surface area contributed by atoms with Gasteiger partial charge in [0, 0.05) is 18.2 Å². The van der Waals surface area contributed by atoms with Gasteiger partial charge in [0.05, 0.1) is 11.1 Å². The van der Waals surface area contributed by atoms with Gasteiger partial charge in [0.25, 0.3) is 0 Å². The fourth-order valence-electron chi connectivity index (χ4n) is 3.92. The molecule has 1 heterocycles. The van der Waals surface area contributed by atoms with Crippen molar-refractivity contribution in [2.75, 3.05) is 6.61 Å². The highest BCUT2D eigenvalue weighted by molar-refractivity contribution is 5.91. The number of aliphatic hydroxyl groups is 2. The second-order valence-corrected chi connectivity index (χ2v) is 9.02. The van der Waals surface area contributed by atoms with Gasteiger partial charge in [-0.1, -0.05) is 0 Å². The first-order valence-electron chi connectivity index (χ1n) is 11.8. The maximum atomic E-state index is 12.8. The van der Waals surface area contributed by atoms with Crippen molar-refractivity contribution in [2.45, 2.75) is 30.7 Å². The molecule has 3 aromatic carbocycles. The lowest BCUT2D eigenvalue weighted by atomic mass is 9.98. The summed E-state index contributed by atoms with van der Waals surface area (Å²) in [6.45, 7) is -0.797. The summed E-state index contributed by atoms with van der Waals surface area (Å²) in [6, 6.07) is 6.08. The molecule has 4 rings (SSSR count). The van der Waals surface area contributed by atoms with Crippen molar-refractivity contribution in [1.82, 2.24) is 0 Å². The molecule has 0 unspecified atom stereocenters. The van der Waals surface area contributed by atoms with E-state index in [1.54, 1.807) is 0 Å². The summed E-state index contributed by atoms with van der Waals surface area (Å²) in [5, 5.41) is 98.9. The second kappa shape index (κ2) is 11.7. The summed E-state index contributed by atoms with van der Waals surface area (Å²) < 4.78 is 21.2. The van der Waals surface area contributed by atoms with Gasteiger partial charge in [-0.05, 0) is 24.3 Å². The number of ether oxygens (including phenoxy) is 4. The largest absolute Gasteiger partial charge is 0.508 e. The average Bonchev–Trinajstić information content (AvgIpc) is 2.92. The van der Waals surface area contributed by atoms with Crippen molar-refractivity contribution < 1.29 is 79.6 Å². The standard InChI is InChI=1S/C26H24O16/c27-11-5-12(28)7-13(6-11)40-26-22(36)23(42-25(38)10-3-16(31)20(34)17(32)4-10)21(35)18(41-26)8-39-24(37)9-1-14(29)19(33)15(30)2-9/h1-7,18,21-23,26-36H,8H2/t18-,21-,22-,23+,26-/m1/s1. The van der Waals surface area contributed by atoms with Gasteiger partial charge in [-0.2, -0.15) is 0 Å². The van der Waals surface area contributed by atoms with Gasteiger partial charge in [-0.15, -0.1) is 0 Å². The van der Waals surface area contributed by atoms with Gasteiger partial charge < -0.3 is 70.0 Å². The van der Waals surface area contributed by atoms with E-state index in [2.05, 4.69) is 0 Å². The molecule has 1 aliphatic heterocycles. The van der Waals surface area contributed by atoms with Crippen molar-refractivity contribution in [3.8, 4) is 51.7 Å². The van der Waals surface area contributed by atoms with Crippen LogP contribution in [0.3, 0.4) is 0 Å². The zero-order valence-electron chi connectivity index (χ0n) is 21.1. The SMILES string of the molecule is O=C(OC[C@H]1O[C@@H](Oc2cc(O)cc(O)c2)[C@H](O)[C@@H](OC(=O)c2cc(O)c(O)c(O)c2)[C@@H]1O)c1cc(O)c(O)c(O)c1. The third kappa shape index (κ3) is 6.20. The minimum Gasteiger partial charge on any atom is -0.508 e. The summed E-state index contributed by atoms with van der Waals surface area (Å²) in [5.41, 5.74) is -0.912. The molecule has 1 saturated heterocycles. The highest BCUT2D eigenvalue weighted by atomic mass is 16.7. The monoisotopic (exact) mass is 592 g/mol. The lowest BCUT2D eigenvalue weighted by molar-refractivity contribution is -0.276. The normalized spacial score (nSPS) is 21.8. The Morgan fingerprint density at radius 2 is 1.14 bits per heavy atom. The molecular formula is C26H24O16. The Labute approximate surface area is 234 Å². The van der Waals surface area contributed by atoms with E-state index in [-0.39, 0.29) is 5.75 Å². The highest BCUT2D eigenvalue weighted by Gasteiger charge is 2.49. The molecule has 0 aliphatic carbocycles. The van der Waals surface area contributed by atoms with Crippen molar-refractivity contribution in [2.24, 2.45) is 0 Å². The second-order valence-electron chi connectivity index (χ2n) is 9.02. The first-order valence-corrected chi connectivity index (χ1v) is 11.8. The minimum atomic E-state index is -1.97. The number of aliphatic hydroxyl groups excluding tert-OH is 2. The molecule has 0 radical (unpaired) electrons. The smallest absolute Gasteiger partial charge is 0.338 e. The zero-order valence-corrected chi connectivity index (χ0v) is 21.1. The number of hydrogen-bond donors (Lipinski definition) is 10. The van der Waals surface area contributed by atoms with Crippen molar-refractivity contribution in [1.29, 1.82) is 0 Å². The summed E-state index contributed by atoms with van der Waals surface area (Å²) in [6.07, 6.45) is -9.15. The number of esters is 2. The van der Waals surface area contributed by atoms with Crippen LogP contribution in [0.25, 0.3) is 0 Å². The van der Waals surface area contributed by atoms with E-state index >= 15 is 0 Å². The van der Waals surface area contributed by atoms with E-state index in [9.17, 15) is 60.7 Å². The van der Waals surface area contributed by atoms with Crippen LogP contribution in [0.4, 0.5) is 0 Å². The topological polar surface area (TPSA) is 273 Å². The highest BCUT2D eigenvalue weighted by Crippen LogP contribution is 2.37. The average molecular weight is 592 g/mol. The van der Waals surface area contributed by atoms with Crippen LogP contribution in [0.1, 0.15) is 20.7 Å². The minimum absolute atomic E-state index is 0.239. The molecule has 0 amide bonds. The number of hydrogen-bond acceptors (Lipinski definition) is 16. The van der Waals surface area contributed by atoms with Gasteiger partial charge in [-0.3, -0.25) is 0 Å². The van der Waals surface area contributed by atoms with Crippen molar-refractivity contribution in [3.05, 3.63) is 53.6 Å². The van der Waals surface area contributed by atoms with E-state index in [0.717, 1.165) is 42.5 Å². The summed E-state index contributed by atoms with van der Waals surface area (Å²) >= 11 is 0. The van der Waals surface area contributed by atoms with Gasteiger partial charge in [-0.25, -0.2) is 9.59 Å². The Balaban J connectivity index is 1.58. The molecule has 1 fully saturated rings. The summed E-state index contributed by atoms with van der Waals surface area (Å²) in [7, 11) is 0. The summed E-state index contributed by atoms with van der Waals surface area (Å²) in [5.74, 6) is -8.80. The predicted octanol–water partition coefficient (Wildman–Crippen LogP) is 0.239. The van der Waals surface area contributed by atoms with Crippen molar-refractivity contribution >= 4 is 11.9 Å². The third-order valence-electron chi connectivity index (χ3n) is 6.00. The fourth-order valence-corrected chi connectivity index (χ4v) is 3.92. The molecule has 0 bridgehead atoms. The molecule has 0 spiro atoms. The van der Waals surface area contributed by atoms with Crippen LogP contribution in [0.15, 0.2) is 42.5 Å². The number of benzene rings is 3. The molecule has 3 aromatic rings. The van der Waals surface area contributed by atoms with Gasteiger partial charge in [0.1, 0.15) is 36.1 Å². The van der Waals surface area contributed by atoms with Crippen LogP contribution in [0, 0.1) is 0 Å². The van der Waals surface area contributed by atoms with Crippen LogP contribution in [0.2, 0.25) is 0 Å². The maximum Gasteiger partial charge on any atom is 0.338 e. The Bertz CT molecular complexity index is 1440. The number of phenolic OH excluding ortho intramolecular Hbond substituents is 8. The molecule has 5 atom stereocenters. The number of rotatable bonds is 7. The molecule has 16 heteroatoms. The van der Waals surface area contributed by atoms with Gasteiger partial charge >= 0.3 is 11.9 Å². The molecule has 1 aliphatic rings. The van der Waals surface area contributed by atoms with Gasteiger partial charge in [0.2, 0.25) is 6.29 Å². The lowest BCUT2D eigenvalue weighted by Gasteiger charge is -2.41. The van der Waals surface area contributed by atoms with E-state index in [4.69, 9.17) is 18.9 Å². The first kappa shape index (κ1) is 29.7. The van der Waals surface area contributed by atoms with Crippen LogP contribution in [-0.4, -0.2) is 100 Å². The van der Waals surface area contributed by atoms with Crippen molar-refractivity contribution in [3.63, 3.8) is 0 Å². The number of aromatic hydroxyl groups is 8. The zero-order chi connectivity index (χ0) is 30.9.